The molecule has 21 heteroatoms. The summed E-state index contributed by atoms with van der Waals surface area (Å²) >= 11 is 24.1. The van der Waals surface area contributed by atoms with E-state index in [1.807, 2.05) is 133 Å². The maximum Gasteiger partial charge on any atom is 0.488 e. The van der Waals surface area contributed by atoms with E-state index in [2.05, 4.69) is 0 Å². The van der Waals surface area contributed by atoms with Crippen molar-refractivity contribution in [2.45, 2.75) is 74.6 Å². The van der Waals surface area contributed by atoms with Gasteiger partial charge in [-0.05, 0) is 150 Å². The lowest BCUT2D eigenvalue weighted by molar-refractivity contribution is 0.280. The molecule has 0 aliphatic rings. The largest absolute Gasteiger partial charge is 0.488 e. The number of aliphatic hydroxyl groups excluding tert-OH is 1. The molecule has 416 valence electrons. The Morgan fingerprint density at radius 3 is 1.23 bits per heavy atom. The predicted octanol–water partition coefficient (Wildman–Crippen LogP) is 7.74. The first-order valence-electron chi connectivity index (χ1n) is 25.0. The van der Waals surface area contributed by atoms with Gasteiger partial charge in [0.2, 0.25) is 0 Å². The van der Waals surface area contributed by atoms with Gasteiger partial charge in [0.1, 0.15) is 49.4 Å². The Labute approximate surface area is 488 Å². The van der Waals surface area contributed by atoms with Crippen LogP contribution in [0, 0.1) is 41.5 Å². The second kappa shape index (κ2) is 31.9. The standard InChI is InChI=1S/C15H16BClO4.2C15H16BClO3.C14H14BClO3/c1-10-4-11(8-18)6-12(5-10)9-21-15-3-2-13(16(19)20)7-14(15)17;1-10-6-13(16(18)19)7-11(2)15(10)20-9-12-4-3-5-14(17)8-12;1-10-7-13(16(18)19)8-11(2)15(10)20-9-12-5-3-4-6-14(12)17;1-10-3-2-4-11(7-10)9-19-14-6-5-12(15(17)18)8-13(14)16/h2-7,18-20H,8-9H2,1H3;2*3-8,18-19H,9H2,1-2H3;2-8,17-18H,9H2,1H3. The summed E-state index contributed by atoms with van der Waals surface area (Å²) in [4.78, 5) is 0. The molecule has 0 aromatic heterocycles. The van der Waals surface area contributed by atoms with E-state index in [0.717, 1.165) is 67.1 Å². The van der Waals surface area contributed by atoms with Gasteiger partial charge >= 0.3 is 28.5 Å². The first-order valence-corrected chi connectivity index (χ1v) is 26.5. The molecular formula is C59H62B4Cl4O13. The highest BCUT2D eigenvalue weighted by Gasteiger charge is 2.18. The molecule has 0 atom stereocenters. The van der Waals surface area contributed by atoms with E-state index >= 15 is 0 Å². The number of aryl methyl sites for hydroxylation is 6. The van der Waals surface area contributed by atoms with Crippen molar-refractivity contribution in [2.24, 2.45) is 0 Å². The van der Waals surface area contributed by atoms with E-state index in [1.165, 1.54) is 17.7 Å². The average molecular weight is 1160 g/mol. The zero-order valence-electron chi connectivity index (χ0n) is 44.9. The molecule has 0 unspecified atom stereocenters. The molecule has 0 aliphatic heterocycles. The molecule has 8 rings (SSSR count). The summed E-state index contributed by atoms with van der Waals surface area (Å²) in [5, 5.41) is 84.2. The van der Waals surface area contributed by atoms with Gasteiger partial charge in [-0.2, -0.15) is 0 Å². The van der Waals surface area contributed by atoms with E-state index in [1.54, 1.807) is 48.5 Å². The number of hydrogen-bond acceptors (Lipinski definition) is 13. The maximum absolute atomic E-state index is 9.21. The Balaban J connectivity index is 0.000000196. The fourth-order valence-electron chi connectivity index (χ4n) is 8.10. The van der Waals surface area contributed by atoms with E-state index in [4.69, 9.17) is 85.4 Å². The van der Waals surface area contributed by atoms with Gasteiger partial charge in [0.05, 0.1) is 16.7 Å². The van der Waals surface area contributed by atoms with Crippen molar-refractivity contribution in [1.29, 1.82) is 0 Å². The Hall–Kier alpha value is -5.98. The van der Waals surface area contributed by atoms with Gasteiger partial charge in [-0.25, -0.2) is 0 Å². The topological polar surface area (TPSA) is 219 Å². The van der Waals surface area contributed by atoms with Crippen LogP contribution in [0.15, 0.2) is 152 Å². The van der Waals surface area contributed by atoms with Crippen molar-refractivity contribution in [3.8, 4) is 23.0 Å². The van der Waals surface area contributed by atoms with Crippen LogP contribution in [0.5, 0.6) is 23.0 Å². The predicted molar refractivity (Wildman–Crippen MR) is 323 cm³/mol. The molecule has 80 heavy (non-hydrogen) atoms. The van der Waals surface area contributed by atoms with Crippen molar-refractivity contribution >= 4 is 96.7 Å². The highest BCUT2D eigenvalue weighted by Crippen LogP contribution is 2.28. The minimum absolute atomic E-state index is 0.0154. The van der Waals surface area contributed by atoms with Crippen molar-refractivity contribution in [2.75, 3.05) is 0 Å². The average Bonchev–Trinajstić information content (AvgIpc) is 3.41. The second-order valence-electron chi connectivity index (χ2n) is 18.7. The highest BCUT2D eigenvalue weighted by atomic mass is 35.5. The van der Waals surface area contributed by atoms with Gasteiger partial charge in [-0.1, -0.05) is 167 Å². The number of benzene rings is 8. The highest BCUT2D eigenvalue weighted by molar-refractivity contribution is 6.60. The van der Waals surface area contributed by atoms with E-state index in [0.29, 0.717) is 79.9 Å². The summed E-state index contributed by atoms with van der Waals surface area (Å²) in [6.07, 6.45) is 0. The first-order chi connectivity index (χ1) is 38.0. The monoisotopic (exact) mass is 1160 g/mol. The van der Waals surface area contributed by atoms with Crippen LogP contribution in [0.4, 0.5) is 0 Å². The van der Waals surface area contributed by atoms with E-state index in [9.17, 15) is 25.2 Å². The molecule has 8 aromatic rings. The van der Waals surface area contributed by atoms with Crippen LogP contribution in [0.3, 0.4) is 0 Å². The van der Waals surface area contributed by atoms with Crippen molar-refractivity contribution < 1.29 is 64.2 Å². The van der Waals surface area contributed by atoms with Gasteiger partial charge in [0.25, 0.3) is 0 Å². The summed E-state index contributed by atoms with van der Waals surface area (Å²) in [5.74, 6) is 2.49. The second-order valence-corrected chi connectivity index (χ2v) is 20.4. The molecule has 0 heterocycles. The minimum atomic E-state index is -1.56. The number of ether oxygens (including phenoxy) is 4. The third-order valence-electron chi connectivity index (χ3n) is 11.9. The normalized spacial score (nSPS) is 10.4. The minimum Gasteiger partial charge on any atom is -0.488 e. The number of halogens is 4. The Morgan fingerprint density at radius 2 is 0.775 bits per heavy atom. The van der Waals surface area contributed by atoms with E-state index < -0.39 is 28.5 Å². The lowest BCUT2D eigenvalue weighted by atomic mass is 9.78. The van der Waals surface area contributed by atoms with Gasteiger partial charge < -0.3 is 64.2 Å². The van der Waals surface area contributed by atoms with Crippen molar-refractivity contribution in [3.63, 3.8) is 0 Å². The molecule has 0 saturated heterocycles. The molecule has 9 N–H and O–H groups in total. The fourth-order valence-corrected chi connectivity index (χ4v) is 9.00. The molecule has 0 amide bonds. The molecule has 8 aromatic carbocycles. The molecule has 0 saturated carbocycles. The van der Waals surface area contributed by atoms with Crippen LogP contribution in [0.25, 0.3) is 0 Å². The molecule has 0 bridgehead atoms. The molecule has 0 spiro atoms. The molecule has 0 fully saturated rings. The molecular weight excluding hydrogens is 1100 g/mol. The van der Waals surface area contributed by atoms with Gasteiger partial charge in [0.15, 0.2) is 0 Å². The summed E-state index contributed by atoms with van der Waals surface area (Å²) < 4.78 is 22.9. The van der Waals surface area contributed by atoms with Crippen LogP contribution in [0.2, 0.25) is 20.1 Å². The SMILES string of the molecule is Cc1cc(B(O)O)cc(C)c1OCc1cccc(Cl)c1.Cc1cc(B(O)O)cc(C)c1OCc1ccccc1Cl.Cc1cc(CO)cc(COc2ccc(B(O)O)cc2Cl)c1.Cc1cccc(COc2ccc(B(O)O)cc2Cl)c1. The van der Waals surface area contributed by atoms with E-state index in [-0.39, 0.29) is 6.61 Å². The van der Waals surface area contributed by atoms with Gasteiger partial charge in [-0.3, -0.25) is 0 Å². The number of hydrogen-bond donors (Lipinski definition) is 9. The van der Waals surface area contributed by atoms with Crippen molar-refractivity contribution in [1.82, 2.24) is 0 Å². The van der Waals surface area contributed by atoms with Crippen LogP contribution >= 0.6 is 46.4 Å². The van der Waals surface area contributed by atoms with Gasteiger partial charge in [0, 0.05) is 15.6 Å². The third kappa shape index (κ3) is 20.5. The Bertz CT molecular complexity index is 3250. The van der Waals surface area contributed by atoms with Crippen LogP contribution in [-0.4, -0.2) is 73.8 Å². The smallest absolute Gasteiger partial charge is 0.488 e. The molecule has 0 radical (unpaired) electrons. The molecule has 0 aliphatic carbocycles. The van der Waals surface area contributed by atoms with Crippen LogP contribution in [0.1, 0.15) is 61.2 Å². The van der Waals surface area contributed by atoms with Crippen LogP contribution in [-0.2, 0) is 33.0 Å². The fraction of sp³-hybridized carbons (Fsp3) is 0.186. The third-order valence-corrected chi connectivity index (χ3v) is 13.1. The Kier molecular flexibility index (Phi) is 25.8. The summed E-state index contributed by atoms with van der Waals surface area (Å²) in [6, 6.07) is 44.9. The zero-order chi connectivity index (χ0) is 58.6. The quantitative estimate of drug-likeness (QED) is 0.0399. The maximum atomic E-state index is 9.21. The molecule has 13 nitrogen and oxygen atoms in total. The summed E-state index contributed by atoms with van der Waals surface area (Å²) in [5.41, 5.74) is 12.0. The summed E-state index contributed by atoms with van der Waals surface area (Å²) in [6.45, 7) is 13.0. The number of rotatable bonds is 17. The lowest BCUT2D eigenvalue weighted by Crippen LogP contribution is -2.30. The van der Waals surface area contributed by atoms with Gasteiger partial charge in [-0.15, -0.1) is 0 Å². The summed E-state index contributed by atoms with van der Waals surface area (Å²) in [7, 11) is -6.01. The number of aliphatic hydroxyl groups is 1. The zero-order valence-corrected chi connectivity index (χ0v) is 48.0. The van der Waals surface area contributed by atoms with Crippen LogP contribution < -0.4 is 40.8 Å². The Morgan fingerprint density at radius 1 is 0.350 bits per heavy atom. The first kappa shape index (κ1) is 64.8. The lowest BCUT2D eigenvalue weighted by Gasteiger charge is -2.14. The van der Waals surface area contributed by atoms with Crippen molar-refractivity contribution in [3.05, 3.63) is 233 Å².